The van der Waals surface area contributed by atoms with Crippen molar-refractivity contribution in [2.75, 3.05) is 5.32 Å². The molecule has 0 aromatic heterocycles. The number of thiocarbonyl (C=S) groups is 1. The molecular formula is C15H19N3S. The quantitative estimate of drug-likeness (QED) is 0.811. The number of nitrogens with zero attached hydrogens (tertiary/aromatic N) is 1. The third-order valence-corrected chi connectivity index (χ3v) is 3.90. The number of nitriles is 1. The van der Waals surface area contributed by atoms with Gasteiger partial charge in [0.2, 0.25) is 0 Å². The van der Waals surface area contributed by atoms with Crippen molar-refractivity contribution in [2.45, 2.75) is 38.6 Å². The number of hydrogen-bond acceptors (Lipinski definition) is 2. The first-order valence-corrected chi connectivity index (χ1v) is 7.17. The third kappa shape index (κ3) is 3.93. The first-order chi connectivity index (χ1) is 9.19. The molecule has 0 bridgehead atoms. The normalized spacial score (nSPS) is 22.3. The van der Waals surface area contributed by atoms with Gasteiger partial charge in [0.05, 0.1) is 11.6 Å². The smallest absolute Gasteiger partial charge is 0.171 e. The van der Waals surface area contributed by atoms with Crippen LogP contribution in [-0.4, -0.2) is 11.2 Å². The van der Waals surface area contributed by atoms with Crippen molar-refractivity contribution in [1.29, 1.82) is 5.26 Å². The van der Waals surface area contributed by atoms with Crippen molar-refractivity contribution in [1.82, 2.24) is 5.32 Å². The monoisotopic (exact) mass is 273 g/mol. The summed E-state index contributed by atoms with van der Waals surface area (Å²) in [6.07, 6.45) is 5.05. The van der Waals surface area contributed by atoms with Gasteiger partial charge in [-0.2, -0.15) is 5.26 Å². The van der Waals surface area contributed by atoms with Crippen LogP contribution >= 0.6 is 12.2 Å². The predicted octanol–water partition coefficient (Wildman–Crippen LogP) is 3.42. The molecule has 1 fully saturated rings. The van der Waals surface area contributed by atoms with Crippen LogP contribution in [0.5, 0.6) is 0 Å². The van der Waals surface area contributed by atoms with Crippen molar-refractivity contribution in [2.24, 2.45) is 5.92 Å². The Kier molecular flexibility index (Phi) is 4.75. The van der Waals surface area contributed by atoms with Crippen LogP contribution in [0.2, 0.25) is 0 Å². The standard InChI is InChI=1S/C15H19N3S/c1-11-5-2-3-8-14(11)18-15(19)17-13-7-4-6-12(9-13)10-16/h4,6-7,9,11,14H,2-3,5,8H2,1H3,(H2,17,18,19)/t11-,14+/m1/s1. The molecule has 19 heavy (non-hydrogen) atoms. The fourth-order valence-corrected chi connectivity index (χ4v) is 2.80. The fraction of sp³-hybridized carbons (Fsp3) is 0.467. The fourth-order valence-electron chi connectivity index (χ4n) is 2.53. The van der Waals surface area contributed by atoms with Gasteiger partial charge in [0.15, 0.2) is 5.11 Å². The summed E-state index contributed by atoms with van der Waals surface area (Å²) in [5, 5.41) is 16.1. The molecule has 1 aromatic rings. The van der Waals surface area contributed by atoms with Gasteiger partial charge in [-0.15, -0.1) is 0 Å². The van der Waals surface area contributed by atoms with E-state index < -0.39 is 0 Å². The zero-order chi connectivity index (χ0) is 13.7. The van der Waals surface area contributed by atoms with Crippen molar-refractivity contribution < 1.29 is 0 Å². The van der Waals surface area contributed by atoms with Gasteiger partial charge in [0.25, 0.3) is 0 Å². The summed E-state index contributed by atoms with van der Waals surface area (Å²) in [4.78, 5) is 0. The Balaban J connectivity index is 1.91. The van der Waals surface area contributed by atoms with E-state index in [2.05, 4.69) is 23.6 Å². The zero-order valence-corrected chi connectivity index (χ0v) is 12.0. The lowest BCUT2D eigenvalue weighted by Crippen LogP contribution is -2.43. The molecule has 1 aliphatic rings. The molecule has 0 radical (unpaired) electrons. The molecule has 0 aliphatic heterocycles. The lowest BCUT2D eigenvalue weighted by molar-refractivity contribution is 0.309. The number of benzene rings is 1. The Bertz CT molecular complexity index is 492. The summed E-state index contributed by atoms with van der Waals surface area (Å²) in [6, 6.07) is 9.95. The topological polar surface area (TPSA) is 47.8 Å². The second-order valence-electron chi connectivity index (χ2n) is 5.16. The Morgan fingerprint density at radius 3 is 2.89 bits per heavy atom. The second-order valence-corrected chi connectivity index (χ2v) is 5.57. The van der Waals surface area contributed by atoms with Crippen LogP contribution in [0.1, 0.15) is 38.2 Å². The van der Waals surface area contributed by atoms with E-state index >= 15 is 0 Å². The minimum absolute atomic E-state index is 0.466. The van der Waals surface area contributed by atoms with E-state index in [0.717, 1.165) is 5.69 Å². The number of rotatable bonds is 2. The maximum atomic E-state index is 8.87. The minimum Gasteiger partial charge on any atom is -0.359 e. The summed E-state index contributed by atoms with van der Waals surface area (Å²) in [5.74, 6) is 0.666. The summed E-state index contributed by atoms with van der Waals surface area (Å²) in [6.45, 7) is 2.27. The number of nitrogens with one attached hydrogen (secondary N) is 2. The Labute approximate surface area is 120 Å². The average Bonchev–Trinajstić information content (AvgIpc) is 2.41. The molecule has 1 aliphatic carbocycles. The highest BCUT2D eigenvalue weighted by Gasteiger charge is 2.21. The lowest BCUT2D eigenvalue weighted by atomic mass is 9.86. The third-order valence-electron chi connectivity index (χ3n) is 3.68. The van der Waals surface area contributed by atoms with E-state index in [9.17, 15) is 0 Å². The largest absolute Gasteiger partial charge is 0.359 e. The van der Waals surface area contributed by atoms with Gasteiger partial charge < -0.3 is 10.6 Å². The maximum Gasteiger partial charge on any atom is 0.171 e. The van der Waals surface area contributed by atoms with Gasteiger partial charge in [-0.05, 0) is 49.2 Å². The molecule has 0 spiro atoms. The molecule has 100 valence electrons. The molecule has 0 amide bonds. The van der Waals surface area contributed by atoms with Crippen LogP contribution in [0.15, 0.2) is 24.3 Å². The first-order valence-electron chi connectivity index (χ1n) is 6.76. The second kappa shape index (κ2) is 6.53. The summed E-state index contributed by atoms with van der Waals surface area (Å²) in [7, 11) is 0. The molecule has 2 rings (SSSR count). The van der Waals surface area contributed by atoms with Crippen LogP contribution in [0, 0.1) is 17.2 Å². The molecule has 3 nitrogen and oxygen atoms in total. The van der Waals surface area contributed by atoms with E-state index in [0.29, 0.717) is 22.6 Å². The molecule has 2 N–H and O–H groups in total. The number of hydrogen-bond donors (Lipinski definition) is 2. The highest BCUT2D eigenvalue weighted by atomic mass is 32.1. The first kappa shape index (κ1) is 13.8. The molecule has 1 saturated carbocycles. The van der Waals surface area contributed by atoms with Gasteiger partial charge in [0, 0.05) is 11.7 Å². The van der Waals surface area contributed by atoms with E-state index in [-0.39, 0.29) is 0 Å². The van der Waals surface area contributed by atoms with Gasteiger partial charge in [-0.3, -0.25) is 0 Å². The lowest BCUT2D eigenvalue weighted by Gasteiger charge is -2.30. The van der Waals surface area contributed by atoms with Gasteiger partial charge >= 0.3 is 0 Å². The van der Waals surface area contributed by atoms with E-state index in [1.807, 2.05) is 12.1 Å². The van der Waals surface area contributed by atoms with Gasteiger partial charge in [0.1, 0.15) is 0 Å². The van der Waals surface area contributed by atoms with Gasteiger partial charge in [-0.1, -0.05) is 25.8 Å². The molecule has 0 heterocycles. The van der Waals surface area contributed by atoms with E-state index in [4.69, 9.17) is 17.5 Å². The maximum absolute atomic E-state index is 8.87. The van der Waals surface area contributed by atoms with Crippen LogP contribution in [0.4, 0.5) is 5.69 Å². The Hall–Kier alpha value is -1.60. The van der Waals surface area contributed by atoms with Crippen molar-refractivity contribution in [3.8, 4) is 6.07 Å². The van der Waals surface area contributed by atoms with Crippen molar-refractivity contribution in [3.05, 3.63) is 29.8 Å². The van der Waals surface area contributed by atoms with Crippen LogP contribution in [0.25, 0.3) is 0 Å². The summed E-state index contributed by atoms with van der Waals surface area (Å²) >= 11 is 5.34. The van der Waals surface area contributed by atoms with Crippen LogP contribution < -0.4 is 10.6 Å². The minimum atomic E-state index is 0.466. The van der Waals surface area contributed by atoms with Crippen molar-refractivity contribution >= 4 is 23.0 Å². The number of anilines is 1. The molecule has 4 heteroatoms. The zero-order valence-electron chi connectivity index (χ0n) is 11.1. The molecule has 1 aromatic carbocycles. The summed E-state index contributed by atoms with van der Waals surface area (Å²) < 4.78 is 0. The average molecular weight is 273 g/mol. The van der Waals surface area contributed by atoms with Gasteiger partial charge in [-0.25, -0.2) is 0 Å². The van der Waals surface area contributed by atoms with Crippen LogP contribution in [-0.2, 0) is 0 Å². The van der Waals surface area contributed by atoms with Crippen molar-refractivity contribution in [3.63, 3.8) is 0 Å². The van der Waals surface area contributed by atoms with Crippen LogP contribution in [0.3, 0.4) is 0 Å². The molecule has 0 saturated heterocycles. The predicted molar refractivity (Wildman–Crippen MR) is 81.9 cm³/mol. The molecular weight excluding hydrogens is 254 g/mol. The SMILES string of the molecule is C[C@@H]1CCCC[C@@H]1NC(=S)Nc1cccc(C#N)c1. The molecule has 2 atom stereocenters. The van der Waals surface area contributed by atoms with E-state index in [1.54, 1.807) is 12.1 Å². The highest BCUT2D eigenvalue weighted by Crippen LogP contribution is 2.23. The molecule has 0 unspecified atom stereocenters. The highest BCUT2D eigenvalue weighted by molar-refractivity contribution is 7.80. The Morgan fingerprint density at radius 1 is 1.37 bits per heavy atom. The summed E-state index contributed by atoms with van der Waals surface area (Å²) in [5.41, 5.74) is 1.50. The Morgan fingerprint density at radius 2 is 2.16 bits per heavy atom. The van der Waals surface area contributed by atoms with E-state index in [1.165, 1.54) is 25.7 Å².